The molecule has 48 heavy (non-hydrogen) atoms. The third-order valence-corrected chi connectivity index (χ3v) is 8.48. The summed E-state index contributed by atoms with van der Waals surface area (Å²) in [6.45, 7) is 4.99. The van der Waals surface area contributed by atoms with Gasteiger partial charge in [-0.3, -0.25) is 4.79 Å². The molecule has 0 unspecified atom stereocenters. The highest BCUT2D eigenvalue weighted by molar-refractivity contribution is 5.82. The van der Waals surface area contributed by atoms with E-state index in [2.05, 4.69) is 5.32 Å². The minimum atomic E-state index is -0.752. The van der Waals surface area contributed by atoms with Crippen molar-refractivity contribution in [1.29, 1.82) is 0 Å². The molecule has 2 aliphatic heterocycles. The number of likely N-dealkylation sites (N-methyl/N-ethyl adjacent to an activating group) is 1. The molecule has 3 aromatic rings. The molecular weight excluding hydrogens is 627 g/mol. The predicted octanol–water partition coefficient (Wildman–Crippen LogP) is 5.43. The van der Waals surface area contributed by atoms with E-state index in [4.69, 9.17) is 33.2 Å². The van der Waals surface area contributed by atoms with E-state index in [0.29, 0.717) is 22.7 Å². The Morgan fingerprint density at radius 2 is 1.58 bits per heavy atom. The van der Waals surface area contributed by atoms with Gasteiger partial charge >= 0.3 is 18.0 Å². The van der Waals surface area contributed by atoms with Crippen molar-refractivity contribution in [3.05, 3.63) is 71.0 Å². The number of ether oxygens (including phenoxy) is 7. The van der Waals surface area contributed by atoms with E-state index in [9.17, 15) is 18.8 Å². The average Bonchev–Trinajstić information content (AvgIpc) is 3.66. The summed E-state index contributed by atoms with van der Waals surface area (Å²) in [6.07, 6.45) is -0.684. The number of nitrogens with zero attached hydrogens (tertiary/aromatic N) is 1. The van der Waals surface area contributed by atoms with E-state index in [0.717, 1.165) is 16.0 Å². The van der Waals surface area contributed by atoms with Gasteiger partial charge < -0.3 is 43.4 Å². The van der Waals surface area contributed by atoms with Gasteiger partial charge in [-0.05, 0) is 86.0 Å². The zero-order chi connectivity index (χ0) is 34.3. The molecule has 12 nitrogen and oxygen atoms in total. The van der Waals surface area contributed by atoms with Crippen LogP contribution in [0.4, 0.5) is 14.9 Å². The van der Waals surface area contributed by atoms with Crippen LogP contribution in [0.3, 0.4) is 0 Å². The third kappa shape index (κ3) is 6.36. The summed E-state index contributed by atoms with van der Waals surface area (Å²) >= 11 is 0. The largest absolute Gasteiger partial charge is 0.493 e. The quantitative estimate of drug-likeness (QED) is 0.244. The van der Waals surface area contributed by atoms with Crippen LogP contribution in [0.1, 0.15) is 49.4 Å². The molecule has 0 radical (unpaired) electrons. The Morgan fingerprint density at radius 1 is 0.958 bits per heavy atom. The molecule has 0 aromatic heterocycles. The second-order valence-corrected chi connectivity index (χ2v) is 12.8. The fourth-order valence-corrected chi connectivity index (χ4v) is 6.40. The Morgan fingerprint density at radius 3 is 2.19 bits per heavy atom. The number of esters is 2. The van der Waals surface area contributed by atoms with Crippen LogP contribution in [-0.4, -0.2) is 69.7 Å². The first-order valence-electron chi connectivity index (χ1n) is 15.4. The smallest absolute Gasteiger partial charge is 0.410 e. The molecule has 1 saturated heterocycles. The van der Waals surface area contributed by atoms with Crippen molar-refractivity contribution >= 4 is 23.7 Å². The number of rotatable bonds is 8. The first kappa shape index (κ1) is 32.7. The Labute approximate surface area is 276 Å². The molecule has 0 bridgehead atoms. The van der Waals surface area contributed by atoms with Crippen molar-refractivity contribution < 1.29 is 51.9 Å². The fourth-order valence-electron chi connectivity index (χ4n) is 6.40. The number of amides is 1. The minimum Gasteiger partial charge on any atom is -0.493 e. The standard InChI is InChI=1S/C35H37FN2O10/c1-35(2,3)48-34(41)38(4)15-28(39)47-32-26(42-5)11-18(12-27(32)43-6)29-21-13-24-25(46-17-45-24)14-22(21)31(23-16-44-33(40)30(23)29)37-20-9-7-19(36)8-10-20/h7-14,23,29-31,37H,15-17H2,1-6H3/t23-,29+,30-,31+/m0/s1. The van der Waals surface area contributed by atoms with Crippen molar-refractivity contribution in [1.82, 2.24) is 4.90 Å². The molecule has 3 aliphatic rings. The monoisotopic (exact) mass is 664 g/mol. The lowest BCUT2D eigenvalue weighted by molar-refractivity contribution is -0.141. The Bertz CT molecular complexity index is 1710. The summed E-state index contributed by atoms with van der Waals surface area (Å²) in [5.74, 6) is -1.55. The summed E-state index contributed by atoms with van der Waals surface area (Å²) in [7, 11) is 4.27. The normalized spacial score (nSPS) is 20.6. The number of cyclic esters (lactones) is 1. The molecule has 254 valence electrons. The maximum Gasteiger partial charge on any atom is 0.410 e. The summed E-state index contributed by atoms with van der Waals surface area (Å²) < 4.78 is 53.2. The van der Waals surface area contributed by atoms with Crippen molar-refractivity contribution in [2.24, 2.45) is 11.8 Å². The molecule has 1 amide bonds. The molecule has 6 rings (SSSR count). The van der Waals surface area contributed by atoms with Gasteiger partial charge in [0.25, 0.3) is 0 Å². The Kier molecular flexibility index (Phi) is 8.71. The summed E-state index contributed by atoms with van der Waals surface area (Å²) in [6, 6.07) is 12.8. The van der Waals surface area contributed by atoms with Crippen molar-refractivity contribution in [3.63, 3.8) is 0 Å². The van der Waals surface area contributed by atoms with E-state index in [1.165, 1.54) is 33.4 Å². The number of nitrogens with one attached hydrogen (secondary N) is 1. The molecule has 13 heteroatoms. The molecule has 4 atom stereocenters. The van der Waals surface area contributed by atoms with Crippen LogP contribution < -0.4 is 29.0 Å². The Balaban J connectivity index is 1.38. The van der Waals surface area contributed by atoms with E-state index in [1.54, 1.807) is 45.0 Å². The molecular formula is C35H37FN2O10. The van der Waals surface area contributed by atoms with Crippen LogP contribution in [0.2, 0.25) is 0 Å². The number of fused-ring (bicyclic) bond motifs is 3. The Hall–Kier alpha value is -5.20. The van der Waals surface area contributed by atoms with Crippen LogP contribution in [0.15, 0.2) is 48.5 Å². The zero-order valence-corrected chi connectivity index (χ0v) is 27.5. The van der Waals surface area contributed by atoms with Gasteiger partial charge in [0.1, 0.15) is 18.0 Å². The predicted molar refractivity (Wildman–Crippen MR) is 169 cm³/mol. The fraction of sp³-hybridized carbons (Fsp3) is 0.400. The molecule has 1 fully saturated rings. The second-order valence-electron chi connectivity index (χ2n) is 12.8. The molecule has 2 heterocycles. The van der Waals surface area contributed by atoms with E-state index in [-0.39, 0.29) is 48.4 Å². The van der Waals surface area contributed by atoms with Gasteiger partial charge in [0, 0.05) is 24.6 Å². The van der Waals surface area contributed by atoms with Gasteiger partial charge in [0.15, 0.2) is 23.0 Å². The summed E-state index contributed by atoms with van der Waals surface area (Å²) in [5, 5.41) is 3.49. The summed E-state index contributed by atoms with van der Waals surface area (Å²) in [4.78, 5) is 40.0. The van der Waals surface area contributed by atoms with E-state index in [1.807, 2.05) is 12.1 Å². The van der Waals surface area contributed by atoms with Crippen molar-refractivity contribution in [2.45, 2.75) is 38.3 Å². The number of benzene rings is 3. The lowest BCUT2D eigenvalue weighted by atomic mass is 9.65. The maximum absolute atomic E-state index is 13.7. The minimum absolute atomic E-state index is 0.00876. The van der Waals surface area contributed by atoms with E-state index >= 15 is 0 Å². The number of halogens is 1. The topological polar surface area (TPSA) is 131 Å². The average molecular weight is 665 g/mol. The molecule has 0 spiro atoms. The molecule has 0 saturated carbocycles. The number of hydrogen-bond donors (Lipinski definition) is 1. The highest BCUT2D eigenvalue weighted by Gasteiger charge is 2.53. The lowest BCUT2D eigenvalue weighted by Crippen LogP contribution is -2.38. The van der Waals surface area contributed by atoms with Gasteiger partial charge in [0.05, 0.1) is 32.8 Å². The third-order valence-electron chi connectivity index (χ3n) is 8.48. The van der Waals surface area contributed by atoms with Gasteiger partial charge in [-0.15, -0.1) is 0 Å². The van der Waals surface area contributed by atoms with E-state index < -0.39 is 42.1 Å². The maximum atomic E-state index is 13.7. The number of anilines is 1. The van der Waals surface area contributed by atoms with Crippen LogP contribution in [-0.2, 0) is 19.1 Å². The van der Waals surface area contributed by atoms with Gasteiger partial charge in [-0.1, -0.05) is 0 Å². The summed E-state index contributed by atoms with van der Waals surface area (Å²) in [5.41, 5.74) is 2.21. The highest BCUT2D eigenvalue weighted by atomic mass is 19.1. The number of methoxy groups -OCH3 is 2. The molecule has 1 aliphatic carbocycles. The van der Waals surface area contributed by atoms with Crippen molar-refractivity contribution in [2.75, 3.05) is 46.5 Å². The van der Waals surface area contributed by atoms with Gasteiger partial charge in [-0.25, -0.2) is 14.0 Å². The number of carbonyl (C=O) groups is 3. The van der Waals surface area contributed by atoms with Crippen LogP contribution >= 0.6 is 0 Å². The van der Waals surface area contributed by atoms with Crippen molar-refractivity contribution in [3.8, 4) is 28.7 Å². The SMILES string of the molecule is COc1cc([C@@H]2c3cc4c(cc3[C@@H](Nc3ccc(F)cc3)[C@H]3COC(=O)[C@H]23)OCO4)cc(OC)c1OC(=O)CN(C)C(=O)OC(C)(C)C. The zero-order valence-electron chi connectivity index (χ0n) is 27.5. The first-order chi connectivity index (χ1) is 22.9. The number of carbonyl (C=O) groups excluding carboxylic acids is 3. The first-order valence-corrected chi connectivity index (χ1v) is 15.4. The van der Waals surface area contributed by atoms with Gasteiger partial charge in [0.2, 0.25) is 12.5 Å². The van der Waals surface area contributed by atoms with Crippen LogP contribution in [0.5, 0.6) is 28.7 Å². The molecule has 3 aromatic carbocycles. The highest BCUT2D eigenvalue weighted by Crippen LogP contribution is 2.56. The lowest BCUT2D eigenvalue weighted by Gasteiger charge is -2.40. The van der Waals surface area contributed by atoms with Gasteiger partial charge in [-0.2, -0.15) is 0 Å². The van der Waals surface area contributed by atoms with Crippen LogP contribution in [0.25, 0.3) is 0 Å². The molecule has 1 N–H and O–H groups in total. The van der Waals surface area contributed by atoms with Crippen LogP contribution in [0, 0.1) is 17.7 Å². The number of hydrogen-bond acceptors (Lipinski definition) is 11. The second kappa shape index (κ2) is 12.8.